The Morgan fingerprint density at radius 3 is 2.54 bits per heavy atom. The van der Waals surface area contributed by atoms with E-state index in [1.807, 2.05) is 48.5 Å². The fourth-order valence-electron chi connectivity index (χ4n) is 3.02. The van der Waals surface area contributed by atoms with Crippen LogP contribution in [-0.4, -0.2) is 22.2 Å². The predicted octanol–water partition coefficient (Wildman–Crippen LogP) is 5.07. The highest BCUT2D eigenvalue weighted by atomic mass is 79.9. The summed E-state index contributed by atoms with van der Waals surface area (Å²) in [4.78, 5) is 16.0. The second-order valence-corrected chi connectivity index (χ2v) is 7.14. The number of rotatable bonds is 4. The summed E-state index contributed by atoms with van der Waals surface area (Å²) < 4.78 is 0.938. The Morgan fingerprint density at radius 2 is 1.79 bits per heavy atom. The number of carbonyl (C=O) groups excluding carboxylic acids is 1. The van der Waals surface area contributed by atoms with Crippen molar-refractivity contribution in [3.05, 3.63) is 88.5 Å². The lowest BCUT2D eigenvalue weighted by Crippen LogP contribution is -2.18. The van der Waals surface area contributed by atoms with Gasteiger partial charge in [-0.05, 0) is 53.6 Å². The van der Waals surface area contributed by atoms with Gasteiger partial charge in [0.25, 0.3) is 5.91 Å². The molecule has 0 fully saturated rings. The van der Waals surface area contributed by atoms with Crippen molar-refractivity contribution < 1.29 is 9.90 Å². The maximum atomic E-state index is 12.8. The van der Waals surface area contributed by atoms with Gasteiger partial charge in [-0.2, -0.15) is 5.10 Å². The molecular formula is C22H16BrN3O2. The van der Waals surface area contributed by atoms with Gasteiger partial charge in [0, 0.05) is 20.9 Å². The second kappa shape index (κ2) is 7.70. The van der Waals surface area contributed by atoms with Crippen LogP contribution < -0.4 is 5.43 Å². The lowest BCUT2D eigenvalue weighted by molar-refractivity contribution is 0.0951. The number of phenolic OH excluding ortho intramolecular Hbond substituents is 1. The SMILES string of the molecule is O=C(N/N=C/c1ccc(O)cc1)c1[nH]c2ccc(Br)cc2c1-c1ccccc1. The number of halogens is 1. The van der Waals surface area contributed by atoms with Gasteiger partial charge in [-0.25, -0.2) is 5.43 Å². The molecular weight excluding hydrogens is 418 g/mol. The number of nitrogens with zero attached hydrogens (tertiary/aromatic N) is 1. The van der Waals surface area contributed by atoms with E-state index in [2.05, 4.69) is 31.4 Å². The minimum atomic E-state index is -0.332. The molecule has 0 aliphatic rings. The van der Waals surface area contributed by atoms with Gasteiger partial charge in [-0.15, -0.1) is 0 Å². The van der Waals surface area contributed by atoms with Crippen LogP contribution in [0.5, 0.6) is 5.75 Å². The van der Waals surface area contributed by atoms with Crippen molar-refractivity contribution in [3.63, 3.8) is 0 Å². The van der Waals surface area contributed by atoms with Crippen LogP contribution in [0, 0.1) is 0 Å². The first-order valence-electron chi connectivity index (χ1n) is 8.61. The molecule has 1 aromatic heterocycles. The van der Waals surface area contributed by atoms with E-state index in [1.54, 1.807) is 24.3 Å². The molecule has 3 aromatic carbocycles. The molecule has 5 nitrogen and oxygen atoms in total. The first-order chi connectivity index (χ1) is 13.6. The topological polar surface area (TPSA) is 77.5 Å². The van der Waals surface area contributed by atoms with Crippen molar-refractivity contribution in [2.45, 2.75) is 0 Å². The Morgan fingerprint density at radius 1 is 1.04 bits per heavy atom. The molecule has 0 saturated heterocycles. The van der Waals surface area contributed by atoms with Crippen LogP contribution in [0.1, 0.15) is 16.1 Å². The van der Waals surface area contributed by atoms with E-state index in [1.165, 1.54) is 6.21 Å². The third kappa shape index (κ3) is 3.68. The van der Waals surface area contributed by atoms with Crippen LogP contribution in [0.15, 0.2) is 82.4 Å². The predicted molar refractivity (Wildman–Crippen MR) is 115 cm³/mol. The van der Waals surface area contributed by atoms with E-state index >= 15 is 0 Å². The van der Waals surface area contributed by atoms with E-state index in [9.17, 15) is 9.90 Å². The summed E-state index contributed by atoms with van der Waals surface area (Å²) in [5.74, 6) is -0.154. The summed E-state index contributed by atoms with van der Waals surface area (Å²) in [5.41, 5.74) is 6.43. The van der Waals surface area contributed by atoms with Crippen LogP contribution >= 0.6 is 15.9 Å². The summed E-state index contributed by atoms with van der Waals surface area (Å²) in [6.07, 6.45) is 1.53. The van der Waals surface area contributed by atoms with Gasteiger partial charge in [-0.1, -0.05) is 46.3 Å². The Bertz CT molecular complexity index is 1170. The standard InChI is InChI=1S/C22H16BrN3O2/c23-16-8-11-19-18(12-16)20(15-4-2-1-3-5-15)21(25-19)22(28)26-24-13-14-6-9-17(27)10-7-14/h1-13,25,27H,(H,26,28)/b24-13+. The molecule has 3 N–H and O–H groups in total. The Hall–Kier alpha value is -3.38. The normalized spacial score (nSPS) is 11.2. The lowest BCUT2D eigenvalue weighted by atomic mass is 10.0. The number of hydrazone groups is 1. The van der Waals surface area contributed by atoms with E-state index in [4.69, 9.17) is 0 Å². The van der Waals surface area contributed by atoms with Gasteiger partial charge >= 0.3 is 0 Å². The first kappa shape index (κ1) is 18.0. The molecule has 138 valence electrons. The number of benzene rings is 3. The number of carbonyl (C=O) groups is 1. The van der Waals surface area contributed by atoms with E-state index in [-0.39, 0.29) is 11.7 Å². The highest BCUT2D eigenvalue weighted by Crippen LogP contribution is 2.34. The van der Waals surface area contributed by atoms with Gasteiger partial charge in [0.2, 0.25) is 0 Å². The Labute approximate surface area is 169 Å². The highest BCUT2D eigenvalue weighted by Gasteiger charge is 2.19. The van der Waals surface area contributed by atoms with Crippen molar-refractivity contribution in [3.8, 4) is 16.9 Å². The Balaban J connectivity index is 1.69. The number of aromatic hydroxyl groups is 1. The molecule has 1 amide bonds. The van der Waals surface area contributed by atoms with Crippen LogP contribution in [0.2, 0.25) is 0 Å². The van der Waals surface area contributed by atoms with Crippen molar-refractivity contribution in [1.29, 1.82) is 0 Å². The van der Waals surface area contributed by atoms with E-state index in [0.29, 0.717) is 5.69 Å². The monoisotopic (exact) mass is 433 g/mol. The van der Waals surface area contributed by atoms with Gasteiger partial charge in [0.15, 0.2) is 0 Å². The second-order valence-electron chi connectivity index (χ2n) is 6.22. The average Bonchev–Trinajstić information content (AvgIpc) is 3.09. The lowest BCUT2D eigenvalue weighted by Gasteiger charge is -2.04. The molecule has 0 bridgehead atoms. The Kier molecular flexibility index (Phi) is 4.95. The highest BCUT2D eigenvalue weighted by molar-refractivity contribution is 9.10. The number of H-pyrrole nitrogens is 1. The van der Waals surface area contributed by atoms with Gasteiger partial charge in [0.1, 0.15) is 11.4 Å². The maximum Gasteiger partial charge on any atom is 0.288 e. The number of hydrogen-bond acceptors (Lipinski definition) is 3. The molecule has 0 unspecified atom stereocenters. The van der Waals surface area contributed by atoms with E-state index in [0.717, 1.165) is 32.1 Å². The summed E-state index contributed by atoms with van der Waals surface area (Å²) in [6.45, 7) is 0. The average molecular weight is 434 g/mol. The number of aromatic amines is 1. The fourth-order valence-corrected chi connectivity index (χ4v) is 3.38. The minimum Gasteiger partial charge on any atom is -0.508 e. The minimum absolute atomic E-state index is 0.179. The zero-order chi connectivity index (χ0) is 19.5. The molecule has 0 spiro atoms. The quantitative estimate of drug-likeness (QED) is 0.310. The molecule has 4 aromatic rings. The zero-order valence-electron chi connectivity index (χ0n) is 14.7. The summed E-state index contributed by atoms with van der Waals surface area (Å²) in [7, 11) is 0. The molecule has 0 aliphatic heterocycles. The van der Waals surface area contributed by atoms with Crippen molar-refractivity contribution in [2.75, 3.05) is 0 Å². The van der Waals surface area contributed by atoms with Crippen LogP contribution in [0.3, 0.4) is 0 Å². The molecule has 0 aliphatic carbocycles. The maximum absolute atomic E-state index is 12.8. The molecule has 1 heterocycles. The summed E-state index contributed by atoms with van der Waals surface area (Å²) in [6, 6.07) is 22.2. The number of phenols is 1. The fraction of sp³-hybridized carbons (Fsp3) is 0. The van der Waals surface area contributed by atoms with Crippen molar-refractivity contribution in [1.82, 2.24) is 10.4 Å². The number of aromatic nitrogens is 1. The third-order valence-electron chi connectivity index (χ3n) is 4.32. The van der Waals surface area contributed by atoms with Crippen LogP contribution in [0.25, 0.3) is 22.0 Å². The number of nitrogens with one attached hydrogen (secondary N) is 2. The number of fused-ring (bicyclic) bond motifs is 1. The van der Waals surface area contributed by atoms with Gasteiger partial charge in [0.05, 0.1) is 6.21 Å². The van der Waals surface area contributed by atoms with E-state index < -0.39 is 0 Å². The van der Waals surface area contributed by atoms with Crippen LogP contribution in [0.4, 0.5) is 0 Å². The van der Waals surface area contributed by atoms with Gasteiger partial charge < -0.3 is 10.1 Å². The number of hydrogen-bond donors (Lipinski definition) is 3. The molecule has 0 radical (unpaired) electrons. The molecule has 4 rings (SSSR count). The smallest absolute Gasteiger partial charge is 0.288 e. The first-order valence-corrected chi connectivity index (χ1v) is 9.40. The largest absolute Gasteiger partial charge is 0.508 e. The molecule has 28 heavy (non-hydrogen) atoms. The number of amides is 1. The molecule has 6 heteroatoms. The van der Waals surface area contributed by atoms with Crippen molar-refractivity contribution in [2.24, 2.45) is 5.10 Å². The summed E-state index contributed by atoms with van der Waals surface area (Å²) >= 11 is 3.50. The third-order valence-corrected chi connectivity index (χ3v) is 4.82. The zero-order valence-corrected chi connectivity index (χ0v) is 16.3. The van der Waals surface area contributed by atoms with Crippen molar-refractivity contribution >= 4 is 39.0 Å². The molecule has 0 atom stereocenters. The molecule has 0 saturated carbocycles. The summed E-state index contributed by atoms with van der Waals surface area (Å²) in [5, 5.41) is 14.3. The van der Waals surface area contributed by atoms with Gasteiger partial charge in [-0.3, -0.25) is 4.79 Å². The van der Waals surface area contributed by atoms with Crippen LogP contribution in [-0.2, 0) is 0 Å².